The third-order valence-electron chi connectivity index (χ3n) is 9.00. The Morgan fingerprint density at radius 2 is 1.51 bits per heavy atom. The SMILES string of the molecule is Cc1ccc(S(=O)(=O)N(CC(=O)N(Cc2ccccc2Cl)[C@H](Cc2ccccc2)C(=O)NC2CCCC2)c2cccc(C)c2C)cc1. The van der Waals surface area contributed by atoms with E-state index in [1.165, 1.54) is 9.21 Å². The van der Waals surface area contributed by atoms with Crippen molar-refractivity contribution in [3.05, 3.63) is 130 Å². The molecule has 2 amide bonds. The van der Waals surface area contributed by atoms with E-state index in [4.69, 9.17) is 11.6 Å². The van der Waals surface area contributed by atoms with Gasteiger partial charge in [-0.1, -0.05) is 103 Å². The molecule has 1 N–H and O–H groups in total. The van der Waals surface area contributed by atoms with Gasteiger partial charge in [0.05, 0.1) is 10.6 Å². The molecule has 7 nitrogen and oxygen atoms in total. The van der Waals surface area contributed by atoms with E-state index in [9.17, 15) is 18.0 Å². The Kier molecular flexibility index (Phi) is 11.0. The first-order valence-electron chi connectivity index (χ1n) is 16.1. The van der Waals surface area contributed by atoms with Crippen LogP contribution in [0.2, 0.25) is 5.02 Å². The largest absolute Gasteiger partial charge is 0.352 e. The lowest BCUT2D eigenvalue weighted by Gasteiger charge is -2.35. The Morgan fingerprint density at radius 3 is 2.19 bits per heavy atom. The number of halogens is 1. The highest BCUT2D eigenvalue weighted by molar-refractivity contribution is 7.92. The van der Waals surface area contributed by atoms with Gasteiger partial charge >= 0.3 is 0 Å². The van der Waals surface area contributed by atoms with Crippen LogP contribution in [0.4, 0.5) is 5.69 Å². The van der Waals surface area contributed by atoms with Gasteiger partial charge in [-0.25, -0.2) is 8.42 Å². The third-order valence-corrected chi connectivity index (χ3v) is 11.1. The number of hydrogen-bond acceptors (Lipinski definition) is 4. The molecular formula is C38H42ClN3O4S. The van der Waals surface area contributed by atoms with Crippen LogP contribution in [0.25, 0.3) is 0 Å². The maximum atomic E-state index is 14.7. The molecule has 0 unspecified atom stereocenters. The fraction of sp³-hybridized carbons (Fsp3) is 0.316. The number of benzene rings is 4. The van der Waals surface area contributed by atoms with Gasteiger partial charge in [0, 0.05) is 24.0 Å². The van der Waals surface area contributed by atoms with E-state index in [1.54, 1.807) is 42.5 Å². The Morgan fingerprint density at radius 1 is 0.851 bits per heavy atom. The molecule has 1 aliphatic carbocycles. The van der Waals surface area contributed by atoms with Crippen LogP contribution in [0.15, 0.2) is 102 Å². The fourth-order valence-corrected chi connectivity index (χ4v) is 7.76. The summed E-state index contributed by atoms with van der Waals surface area (Å²) in [5.41, 5.74) is 4.51. The minimum absolute atomic E-state index is 0.0271. The summed E-state index contributed by atoms with van der Waals surface area (Å²) in [4.78, 5) is 30.5. The van der Waals surface area contributed by atoms with E-state index in [-0.39, 0.29) is 29.8 Å². The van der Waals surface area contributed by atoms with Crippen molar-refractivity contribution >= 4 is 39.1 Å². The van der Waals surface area contributed by atoms with Gasteiger partial charge in [-0.05, 0) is 80.1 Å². The number of nitrogens with zero attached hydrogens (tertiary/aromatic N) is 2. The van der Waals surface area contributed by atoms with Crippen molar-refractivity contribution in [2.45, 2.75) is 76.4 Å². The number of carbonyl (C=O) groups excluding carboxylic acids is 2. The molecule has 9 heteroatoms. The lowest BCUT2D eigenvalue weighted by atomic mass is 10.0. The molecular weight excluding hydrogens is 630 g/mol. The predicted molar refractivity (Wildman–Crippen MR) is 188 cm³/mol. The number of anilines is 1. The van der Waals surface area contributed by atoms with Gasteiger partial charge in [-0.3, -0.25) is 13.9 Å². The highest BCUT2D eigenvalue weighted by Gasteiger charge is 2.36. The molecule has 5 rings (SSSR count). The van der Waals surface area contributed by atoms with Crippen molar-refractivity contribution in [1.29, 1.82) is 0 Å². The molecule has 0 bridgehead atoms. The number of nitrogens with one attached hydrogen (secondary N) is 1. The van der Waals surface area contributed by atoms with Crippen molar-refractivity contribution in [2.75, 3.05) is 10.8 Å². The van der Waals surface area contributed by atoms with Crippen LogP contribution in [0, 0.1) is 20.8 Å². The van der Waals surface area contributed by atoms with Crippen molar-refractivity contribution < 1.29 is 18.0 Å². The van der Waals surface area contributed by atoms with Gasteiger partial charge in [-0.2, -0.15) is 0 Å². The van der Waals surface area contributed by atoms with Crippen molar-refractivity contribution in [3.63, 3.8) is 0 Å². The van der Waals surface area contributed by atoms with Crippen LogP contribution in [0.1, 0.15) is 53.5 Å². The quantitative estimate of drug-likeness (QED) is 0.173. The minimum atomic E-state index is -4.18. The number of sulfonamides is 1. The van der Waals surface area contributed by atoms with E-state index in [2.05, 4.69) is 5.32 Å². The highest BCUT2D eigenvalue weighted by atomic mass is 35.5. The number of amides is 2. The van der Waals surface area contributed by atoms with Crippen molar-refractivity contribution in [1.82, 2.24) is 10.2 Å². The summed E-state index contributed by atoms with van der Waals surface area (Å²) >= 11 is 6.62. The Labute approximate surface area is 283 Å². The van der Waals surface area contributed by atoms with E-state index in [1.807, 2.05) is 75.4 Å². The molecule has 4 aromatic rings. The highest BCUT2D eigenvalue weighted by Crippen LogP contribution is 2.30. The maximum Gasteiger partial charge on any atom is 0.264 e. The summed E-state index contributed by atoms with van der Waals surface area (Å²) in [6.07, 6.45) is 4.11. The first kappa shape index (κ1) is 34.2. The van der Waals surface area contributed by atoms with Gasteiger partial charge in [-0.15, -0.1) is 0 Å². The predicted octanol–water partition coefficient (Wildman–Crippen LogP) is 7.16. The van der Waals surface area contributed by atoms with Gasteiger partial charge in [0.2, 0.25) is 11.8 Å². The van der Waals surface area contributed by atoms with E-state index >= 15 is 0 Å². The molecule has 0 saturated heterocycles. The van der Waals surface area contributed by atoms with Crippen LogP contribution in [0.5, 0.6) is 0 Å². The number of aryl methyl sites for hydroxylation is 2. The zero-order chi connectivity index (χ0) is 33.6. The Hall–Kier alpha value is -4.14. The van der Waals surface area contributed by atoms with Gasteiger partial charge in [0.15, 0.2) is 0 Å². The molecule has 0 spiro atoms. The molecule has 246 valence electrons. The minimum Gasteiger partial charge on any atom is -0.352 e. The molecule has 1 fully saturated rings. The second kappa shape index (κ2) is 15.2. The normalized spacial score (nSPS) is 14.0. The number of rotatable bonds is 12. The molecule has 1 aliphatic rings. The van der Waals surface area contributed by atoms with Crippen LogP contribution in [-0.4, -0.2) is 43.8 Å². The summed E-state index contributed by atoms with van der Waals surface area (Å²) in [7, 11) is -4.18. The molecule has 4 aromatic carbocycles. The fourth-order valence-electron chi connectivity index (χ4n) is 6.09. The van der Waals surface area contributed by atoms with Crippen LogP contribution in [0.3, 0.4) is 0 Å². The number of hydrogen-bond donors (Lipinski definition) is 1. The topological polar surface area (TPSA) is 86.8 Å². The second-order valence-corrected chi connectivity index (χ2v) is 14.6. The Balaban J connectivity index is 1.60. The Bertz CT molecular complexity index is 1810. The third kappa shape index (κ3) is 8.24. The lowest BCUT2D eigenvalue weighted by molar-refractivity contribution is -0.140. The van der Waals surface area contributed by atoms with Gasteiger partial charge < -0.3 is 10.2 Å². The zero-order valence-electron chi connectivity index (χ0n) is 27.2. The summed E-state index contributed by atoms with van der Waals surface area (Å²) in [5.74, 6) is -0.773. The van der Waals surface area contributed by atoms with Crippen molar-refractivity contribution in [2.24, 2.45) is 0 Å². The van der Waals surface area contributed by atoms with E-state index < -0.39 is 28.5 Å². The maximum absolute atomic E-state index is 14.7. The van der Waals surface area contributed by atoms with Gasteiger partial charge in [0.25, 0.3) is 10.0 Å². The molecule has 0 radical (unpaired) electrons. The zero-order valence-corrected chi connectivity index (χ0v) is 28.7. The number of carbonyl (C=O) groups is 2. The first-order valence-corrected chi connectivity index (χ1v) is 17.9. The molecule has 0 heterocycles. The van der Waals surface area contributed by atoms with Crippen LogP contribution < -0.4 is 9.62 Å². The average Bonchev–Trinajstić information content (AvgIpc) is 3.57. The van der Waals surface area contributed by atoms with Crippen LogP contribution >= 0.6 is 11.6 Å². The summed E-state index contributed by atoms with van der Waals surface area (Å²) in [6.45, 7) is 5.16. The smallest absolute Gasteiger partial charge is 0.264 e. The van der Waals surface area contributed by atoms with Gasteiger partial charge in [0.1, 0.15) is 12.6 Å². The molecule has 0 aromatic heterocycles. The van der Waals surface area contributed by atoms with E-state index in [0.29, 0.717) is 16.3 Å². The summed E-state index contributed by atoms with van der Waals surface area (Å²) < 4.78 is 29.9. The monoisotopic (exact) mass is 671 g/mol. The van der Waals surface area contributed by atoms with Crippen molar-refractivity contribution in [3.8, 4) is 0 Å². The summed E-state index contributed by atoms with van der Waals surface area (Å²) in [5, 5.41) is 3.66. The molecule has 47 heavy (non-hydrogen) atoms. The lowest BCUT2D eigenvalue weighted by Crippen LogP contribution is -2.54. The molecule has 0 aliphatic heterocycles. The standard InChI is InChI=1S/C38H42ClN3O4S/c1-27-20-22-33(23-21-27)47(45,46)42(35-19-11-12-28(2)29(35)3)26-37(43)41(25-31-15-7-10-18-34(31)39)36(24-30-13-5-4-6-14-30)38(44)40-32-16-8-9-17-32/h4-7,10-15,18-23,32,36H,8-9,16-17,24-26H2,1-3H3,(H,40,44)/t36-/m1/s1. The van der Waals surface area contributed by atoms with Crippen LogP contribution in [-0.2, 0) is 32.6 Å². The first-order chi connectivity index (χ1) is 22.5. The average molecular weight is 672 g/mol. The molecule has 1 saturated carbocycles. The summed E-state index contributed by atoms with van der Waals surface area (Å²) in [6, 6.07) is 27.9. The van der Waals surface area contributed by atoms with E-state index in [0.717, 1.165) is 47.9 Å². The second-order valence-electron chi connectivity index (χ2n) is 12.4. The molecule has 1 atom stereocenters.